The van der Waals surface area contributed by atoms with Gasteiger partial charge in [0, 0.05) is 11.4 Å². The van der Waals surface area contributed by atoms with Gasteiger partial charge in [-0.2, -0.15) is 11.8 Å². The summed E-state index contributed by atoms with van der Waals surface area (Å²) in [5.74, 6) is 1.13. The number of ether oxygens (including phenoxy) is 1. The van der Waals surface area contributed by atoms with E-state index in [4.69, 9.17) is 5.73 Å². The number of rotatable bonds is 4. The summed E-state index contributed by atoms with van der Waals surface area (Å²) in [5, 5.41) is 0.707. The second-order valence-electron chi connectivity index (χ2n) is 4.65. The van der Waals surface area contributed by atoms with Gasteiger partial charge in [-0.15, -0.1) is 0 Å². The van der Waals surface area contributed by atoms with Gasteiger partial charge in [0.25, 0.3) is 0 Å². The van der Waals surface area contributed by atoms with Crippen molar-refractivity contribution in [1.82, 2.24) is 9.97 Å². The Balaban J connectivity index is 1.94. The first kappa shape index (κ1) is 14.1. The summed E-state index contributed by atoms with van der Waals surface area (Å²) in [4.78, 5) is 19.7. The Bertz CT molecular complexity index is 448. The zero-order chi connectivity index (χ0) is 13.7. The number of esters is 1. The highest BCUT2D eigenvalue weighted by Gasteiger charge is 2.16. The second-order valence-corrected chi connectivity index (χ2v) is 5.94. The largest absolute Gasteiger partial charge is 0.465 e. The normalized spacial score (nSPS) is 16.3. The van der Waals surface area contributed by atoms with Gasteiger partial charge in [0.05, 0.1) is 12.9 Å². The number of nitrogen functional groups attached to an aromatic ring is 1. The lowest BCUT2D eigenvalue weighted by molar-refractivity contribution is 0.0601. The third kappa shape index (κ3) is 3.83. The molecule has 6 heteroatoms. The average Bonchev–Trinajstić information content (AvgIpc) is 2.45. The molecule has 1 fully saturated rings. The zero-order valence-electron chi connectivity index (χ0n) is 11.1. The molecule has 1 saturated carbocycles. The number of nitrogens with zero attached hydrogens (tertiary/aromatic N) is 2. The van der Waals surface area contributed by atoms with E-state index in [1.807, 2.05) is 11.8 Å². The molecule has 19 heavy (non-hydrogen) atoms. The van der Waals surface area contributed by atoms with Gasteiger partial charge in [-0.1, -0.05) is 19.3 Å². The highest BCUT2D eigenvalue weighted by Crippen LogP contribution is 2.29. The molecule has 1 aliphatic rings. The van der Waals surface area contributed by atoms with Crippen LogP contribution in [0, 0.1) is 0 Å². The van der Waals surface area contributed by atoms with Gasteiger partial charge in [0.2, 0.25) is 0 Å². The highest BCUT2D eigenvalue weighted by atomic mass is 32.2. The fraction of sp³-hybridized carbons (Fsp3) is 0.615. The Morgan fingerprint density at radius 2 is 2.21 bits per heavy atom. The van der Waals surface area contributed by atoms with Crippen LogP contribution >= 0.6 is 11.8 Å². The van der Waals surface area contributed by atoms with Gasteiger partial charge in [-0.05, 0) is 12.8 Å². The van der Waals surface area contributed by atoms with Crippen molar-refractivity contribution in [3.63, 3.8) is 0 Å². The predicted molar refractivity (Wildman–Crippen MR) is 76.0 cm³/mol. The van der Waals surface area contributed by atoms with Crippen LogP contribution in [0.25, 0.3) is 0 Å². The smallest absolute Gasteiger partial charge is 0.343 e. The number of methoxy groups -OCH3 is 1. The number of hydrogen-bond donors (Lipinski definition) is 1. The number of thioether (sulfide) groups is 1. The van der Waals surface area contributed by atoms with E-state index >= 15 is 0 Å². The van der Waals surface area contributed by atoms with Gasteiger partial charge < -0.3 is 10.5 Å². The molecule has 0 amide bonds. The van der Waals surface area contributed by atoms with Crippen LogP contribution in [0.4, 0.5) is 5.82 Å². The van der Waals surface area contributed by atoms with E-state index in [0.717, 1.165) is 5.75 Å². The molecular weight excluding hydrogens is 262 g/mol. The fourth-order valence-corrected chi connectivity index (χ4v) is 3.38. The van der Waals surface area contributed by atoms with Crippen LogP contribution in [0.5, 0.6) is 0 Å². The van der Waals surface area contributed by atoms with Crippen LogP contribution < -0.4 is 5.73 Å². The van der Waals surface area contributed by atoms with Crippen molar-refractivity contribution in [3.8, 4) is 0 Å². The van der Waals surface area contributed by atoms with E-state index in [-0.39, 0.29) is 11.4 Å². The van der Waals surface area contributed by atoms with Crippen molar-refractivity contribution in [2.24, 2.45) is 0 Å². The SMILES string of the molecule is COC(=O)c1cnc(CSC2CCCCC2)nc1N. The number of aromatic nitrogens is 2. The lowest BCUT2D eigenvalue weighted by Crippen LogP contribution is -2.11. The van der Waals surface area contributed by atoms with Gasteiger partial charge in [-0.25, -0.2) is 14.8 Å². The van der Waals surface area contributed by atoms with Crippen molar-refractivity contribution in [3.05, 3.63) is 17.6 Å². The zero-order valence-corrected chi connectivity index (χ0v) is 11.9. The number of carbonyl (C=O) groups is 1. The molecule has 0 radical (unpaired) electrons. The molecule has 0 atom stereocenters. The Morgan fingerprint density at radius 3 is 2.84 bits per heavy atom. The van der Waals surface area contributed by atoms with E-state index in [2.05, 4.69) is 14.7 Å². The van der Waals surface area contributed by atoms with Crippen molar-refractivity contribution < 1.29 is 9.53 Å². The second kappa shape index (κ2) is 6.75. The summed E-state index contributed by atoms with van der Waals surface area (Å²) >= 11 is 1.88. The molecule has 0 aromatic carbocycles. The van der Waals surface area contributed by atoms with Crippen LogP contribution in [0.15, 0.2) is 6.20 Å². The Morgan fingerprint density at radius 1 is 1.47 bits per heavy atom. The Labute approximate surface area is 117 Å². The monoisotopic (exact) mass is 281 g/mol. The summed E-state index contributed by atoms with van der Waals surface area (Å²) in [6, 6.07) is 0. The molecule has 5 nitrogen and oxygen atoms in total. The number of hydrogen-bond acceptors (Lipinski definition) is 6. The predicted octanol–water partition coefficient (Wildman–Crippen LogP) is 2.41. The number of anilines is 1. The molecule has 0 saturated heterocycles. The standard InChI is InChI=1S/C13H19N3O2S/c1-18-13(17)10-7-15-11(16-12(10)14)8-19-9-5-3-2-4-6-9/h7,9H,2-6,8H2,1H3,(H2,14,15,16). The van der Waals surface area contributed by atoms with Gasteiger partial charge in [-0.3, -0.25) is 0 Å². The van der Waals surface area contributed by atoms with Gasteiger partial charge >= 0.3 is 5.97 Å². The van der Waals surface area contributed by atoms with Crippen LogP contribution in [0.3, 0.4) is 0 Å². The third-order valence-corrected chi connectivity index (χ3v) is 4.64. The average molecular weight is 281 g/mol. The molecule has 1 aromatic rings. The van der Waals surface area contributed by atoms with E-state index in [9.17, 15) is 4.79 Å². The molecule has 0 aliphatic heterocycles. The molecule has 104 valence electrons. The number of carbonyl (C=O) groups excluding carboxylic acids is 1. The van der Waals surface area contributed by atoms with Crippen LogP contribution in [0.2, 0.25) is 0 Å². The summed E-state index contributed by atoms with van der Waals surface area (Å²) < 4.78 is 4.61. The first-order chi connectivity index (χ1) is 9.20. The minimum Gasteiger partial charge on any atom is -0.465 e. The summed E-state index contributed by atoms with van der Waals surface area (Å²) in [7, 11) is 1.31. The van der Waals surface area contributed by atoms with Crippen LogP contribution in [0.1, 0.15) is 48.3 Å². The van der Waals surface area contributed by atoms with E-state index < -0.39 is 5.97 Å². The topological polar surface area (TPSA) is 78.1 Å². The Hall–Kier alpha value is -1.30. The van der Waals surface area contributed by atoms with Crippen molar-refractivity contribution >= 4 is 23.5 Å². The van der Waals surface area contributed by atoms with Gasteiger partial charge in [0.1, 0.15) is 17.2 Å². The molecule has 1 aliphatic carbocycles. The van der Waals surface area contributed by atoms with E-state index in [0.29, 0.717) is 11.1 Å². The summed E-state index contributed by atoms with van der Waals surface area (Å²) in [5.41, 5.74) is 5.98. The van der Waals surface area contributed by atoms with E-state index in [1.54, 1.807) is 0 Å². The lowest BCUT2D eigenvalue weighted by atomic mass is 10.0. The Kier molecular flexibility index (Phi) is 5.01. The summed E-state index contributed by atoms with van der Waals surface area (Å²) in [6.45, 7) is 0. The maximum absolute atomic E-state index is 11.4. The molecule has 0 unspecified atom stereocenters. The summed E-state index contributed by atoms with van der Waals surface area (Å²) in [6.07, 6.45) is 8.00. The molecule has 0 bridgehead atoms. The molecule has 2 N–H and O–H groups in total. The first-order valence-electron chi connectivity index (χ1n) is 6.52. The molecule has 0 spiro atoms. The lowest BCUT2D eigenvalue weighted by Gasteiger charge is -2.20. The van der Waals surface area contributed by atoms with Crippen molar-refractivity contribution in [1.29, 1.82) is 0 Å². The maximum atomic E-state index is 11.4. The molecule has 1 aromatic heterocycles. The minimum atomic E-state index is -0.496. The van der Waals surface area contributed by atoms with E-state index in [1.165, 1.54) is 45.4 Å². The molecular formula is C13H19N3O2S. The highest BCUT2D eigenvalue weighted by molar-refractivity contribution is 7.99. The van der Waals surface area contributed by atoms with Crippen LogP contribution in [-0.4, -0.2) is 28.3 Å². The third-order valence-electron chi connectivity index (χ3n) is 3.27. The molecule has 2 rings (SSSR count). The quantitative estimate of drug-likeness (QED) is 0.854. The number of nitrogens with two attached hydrogens (primary N) is 1. The van der Waals surface area contributed by atoms with Crippen molar-refractivity contribution in [2.45, 2.75) is 43.1 Å². The van der Waals surface area contributed by atoms with Gasteiger partial charge in [0.15, 0.2) is 0 Å². The molecule has 1 heterocycles. The first-order valence-corrected chi connectivity index (χ1v) is 7.57. The minimum absolute atomic E-state index is 0.195. The fourth-order valence-electron chi connectivity index (χ4n) is 2.19. The van der Waals surface area contributed by atoms with Crippen molar-refractivity contribution in [2.75, 3.05) is 12.8 Å². The maximum Gasteiger partial charge on any atom is 0.343 e. The van der Waals surface area contributed by atoms with Crippen LogP contribution in [-0.2, 0) is 10.5 Å².